The number of aliphatic hydroxyl groups is 1. The Balaban J connectivity index is 1.67. The lowest BCUT2D eigenvalue weighted by molar-refractivity contribution is 0.160. The summed E-state index contributed by atoms with van der Waals surface area (Å²) >= 11 is 0. The molecule has 1 fully saturated rings. The average molecular weight is 400 g/mol. The molecule has 1 unspecified atom stereocenters. The molecule has 30 heavy (non-hydrogen) atoms. The van der Waals surface area contributed by atoms with Crippen molar-refractivity contribution in [1.29, 1.82) is 0 Å². The van der Waals surface area contributed by atoms with Gasteiger partial charge in [-0.1, -0.05) is 30.2 Å². The number of hydrogen-bond donors (Lipinski definition) is 2. The van der Waals surface area contributed by atoms with Gasteiger partial charge in [0.1, 0.15) is 11.4 Å². The van der Waals surface area contributed by atoms with Crippen LogP contribution in [0.5, 0.6) is 5.75 Å². The number of aromatic hydroxyl groups is 1. The quantitative estimate of drug-likeness (QED) is 0.507. The monoisotopic (exact) mass is 400 g/mol. The summed E-state index contributed by atoms with van der Waals surface area (Å²) < 4.78 is 0. The number of aromatic nitrogens is 2. The largest absolute Gasteiger partial charge is 0.507 e. The Kier molecular flexibility index (Phi) is 6.03. The van der Waals surface area contributed by atoms with Gasteiger partial charge in [0.2, 0.25) is 0 Å². The van der Waals surface area contributed by atoms with Crippen molar-refractivity contribution in [3.8, 4) is 29.4 Å². The van der Waals surface area contributed by atoms with Crippen LogP contribution in [0.1, 0.15) is 18.4 Å². The zero-order chi connectivity index (χ0) is 20.9. The second kappa shape index (κ2) is 9.04. The van der Waals surface area contributed by atoms with Crippen molar-refractivity contribution in [3.05, 3.63) is 48.0 Å². The maximum Gasteiger partial charge on any atom is 0.182 e. The van der Waals surface area contributed by atoms with Crippen LogP contribution in [0.3, 0.4) is 0 Å². The summed E-state index contributed by atoms with van der Waals surface area (Å²) in [6, 6.07) is 12.9. The molecule has 0 spiro atoms. The summed E-state index contributed by atoms with van der Waals surface area (Å²) in [6.45, 7) is 2.79. The molecule has 6 nitrogen and oxygen atoms in total. The molecule has 1 aliphatic heterocycles. The summed E-state index contributed by atoms with van der Waals surface area (Å²) in [4.78, 5) is 6.92. The summed E-state index contributed by atoms with van der Waals surface area (Å²) in [5, 5.41) is 30.1. The molecule has 2 aromatic carbocycles. The van der Waals surface area contributed by atoms with Gasteiger partial charge in [-0.05, 0) is 37.6 Å². The topological polar surface area (TPSA) is 81.8 Å². The number of nitrogens with zero attached hydrogens (tertiary/aromatic N) is 4. The standard InChI is InChI=1S/C24H24N4O2/c1-2-17-9-10-21(22(30)14-17)23-19-7-3-4-8-20(19)24(27-26-23)25-15-18-6-5-11-28(16-18)12-13-29/h1,3-4,7-10,14-15,18,29-30H,5-6,11-13,16H2/b25-15+. The lowest BCUT2D eigenvalue weighted by atomic mass is 9.99. The Morgan fingerprint density at radius 1 is 1.20 bits per heavy atom. The number of β-amino-alcohol motifs (C(OH)–C–C–N with tert-alkyl or cyclic N) is 1. The Morgan fingerprint density at radius 3 is 2.80 bits per heavy atom. The van der Waals surface area contributed by atoms with Gasteiger partial charge in [-0.25, -0.2) is 4.99 Å². The van der Waals surface area contributed by atoms with Crippen molar-refractivity contribution < 1.29 is 10.2 Å². The van der Waals surface area contributed by atoms with Gasteiger partial charge in [0.05, 0.1) is 6.61 Å². The first-order valence-electron chi connectivity index (χ1n) is 10.1. The third kappa shape index (κ3) is 4.18. The van der Waals surface area contributed by atoms with Crippen LogP contribution in [0.25, 0.3) is 22.0 Å². The number of benzene rings is 2. The molecule has 3 aromatic rings. The number of terminal acetylenes is 1. The van der Waals surface area contributed by atoms with Crippen LogP contribution in [-0.2, 0) is 0 Å². The normalized spacial score (nSPS) is 17.4. The average Bonchev–Trinajstić information content (AvgIpc) is 2.78. The van der Waals surface area contributed by atoms with E-state index in [1.54, 1.807) is 18.2 Å². The van der Waals surface area contributed by atoms with Crippen molar-refractivity contribution in [2.45, 2.75) is 12.8 Å². The second-order valence-corrected chi connectivity index (χ2v) is 7.50. The maximum absolute atomic E-state index is 10.4. The van der Waals surface area contributed by atoms with Gasteiger partial charge in [0.25, 0.3) is 0 Å². The molecule has 2 N–H and O–H groups in total. The minimum atomic E-state index is 0.0762. The Morgan fingerprint density at radius 2 is 2.03 bits per heavy atom. The van der Waals surface area contributed by atoms with E-state index in [0.717, 1.165) is 36.7 Å². The highest BCUT2D eigenvalue weighted by Gasteiger charge is 2.18. The number of fused-ring (bicyclic) bond motifs is 1. The van der Waals surface area contributed by atoms with Crippen LogP contribution in [0.15, 0.2) is 47.5 Å². The number of piperidine rings is 1. The minimum Gasteiger partial charge on any atom is -0.507 e. The predicted octanol–water partition coefficient (Wildman–Crippen LogP) is 3.39. The van der Waals surface area contributed by atoms with Gasteiger partial charge >= 0.3 is 0 Å². The number of aliphatic hydroxyl groups excluding tert-OH is 1. The van der Waals surface area contributed by atoms with Crippen LogP contribution in [0, 0.1) is 18.3 Å². The number of likely N-dealkylation sites (tertiary alicyclic amines) is 1. The molecule has 0 saturated carbocycles. The predicted molar refractivity (Wildman–Crippen MR) is 119 cm³/mol. The first-order valence-corrected chi connectivity index (χ1v) is 10.1. The molecule has 4 rings (SSSR count). The first-order chi connectivity index (χ1) is 14.7. The fourth-order valence-corrected chi connectivity index (χ4v) is 3.94. The highest BCUT2D eigenvalue weighted by molar-refractivity contribution is 6.00. The van der Waals surface area contributed by atoms with Gasteiger partial charge in [-0.15, -0.1) is 16.6 Å². The number of hydrogen-bond acceptors (Lipinski definition) is 6. The van der Waals surface area contributed by atoms with Crippen LogP contribution < -0.4 is 0 Å². The Bertz CT molecular complexity index is 1120. The van der Waals surface area contributed by atoms with Gasteiger partial charge in [-0.3, -0.25) is 0 Å². The lowest BCUT2D eigenvalue weighted by Crippen LogP contribution is -2.37. The van der Waals surface area contributed by atoms with E-state index in [9.17, 15) is 10.2 Å². The third-order valence-corrected chi connectivity index (χ3v) is 5.45. The summed E-state index contributed by atoms with van der Waals surface area (Å²) in [7, 11) is 0. The number of phenolic OH excluding ortho intramolecular Hbond substituents is 1. The van der Waals surface area contributed by atoms with Gasteiger partial charge in [0.15, 0.2) is 5.82 Å². The van der Waals surface area contributed by atoms with E-state index >= 15 is 0 Å². The van der Waals surface area contributed by atoms with Crippen molar-refractivity contribution in [3.63, 3.8) is 0 Å². The molecule has 152 valence electrons. The van der Waals surface area contributed by atoms with E-state index in [1.165, 1.54) is 0 Å². The lowest BCUT2D eigenvalue weighted by Gasteiger charge is -2.30. The SMILES string of the molecule is C#Cc1ccc(-c2nnc(/N=C/C3CCCN(CCO)C3)c3ccccc23)c(O)c1. The fourth-order valence-electron chi connectivity index (χ4n) is 3.94. The molecule has 0 amide bonds. The molecule has 1 saturated heterocycles. The Labute approximate surface area is 175 Å². The molecule has 2 heterocycles. The molecule has 0 bridgehead atoms. The molecule has 0 aliphatic carbocycles. The molecular formula is C24H24N4O2. The van der Waals surface area contributed by atoms with Crippen molar-refractivity contribution in [2.75, 3.05) is 26.2 Å². The van der Waals surface area contributed by atoms with Crippen molar-refractivity contribution >= 4 is 22.8 Å². The molecule has 6 heteroatoms. The molecular weight excluding hydrogens is 376 g/mol. The highest BCUT2D eigenvalue weighted by atomic mass is 16.3. The van der Waals surface area contributed by atoms with E-state index in [-0.39, 0.29) is 12.4 Å². The summed E-state index contributed by atoms with van der Waals surface area (Å²) in [5.74, 6) is 3.48. The molecule has 1 aromatic heterocycles. The van der Waals surface area contributed by atoms with Crippen LogP contribution >= 0.6 is 0 Å². The van der Waals surface area contributed by atoms with Gasteiger partial charge < -0.3 is 15.1 Å². The fraction of sp³-hybridized carbons (Fsp3) is 0.292. The third-order valence-electron chi connectivity index (χ3n) is 5.45. The number of rotatable bonds is 5. The smallest absolute Gasteiger partial charge is 0.182 e. The van der Waals surface area contributed by atoms with E-state index in [4.69, 9.17) is 6.42 Å². The highest BCUT2D eigenvalue weighted by Crippen LogP contribution is 2.35. The van der Waals surface area contributed by atoms with E-state index in [2.05, 4.69) is 26.0 Å². The maximum atomic E-state index is 10.4. The van der Waals surface area contributed by atoms with Crippen molar-refractivity contribution in [1.82, 2.24) is 15.1 Å². The molecule has 1 aliphatic rings. The van der Waals surface area contributed by atoms with Gasteiger partial charge in [0, 0.05) is 47.1 Å². The summed E-state index contributed by atoms with van der Waals surface area (Å²) in [6.07, 6.45) is 9.54. The zero-order valence-corrected chi connectivity index (χ0v) is 16.7. The van der Waals surface area contributed by atoms with E-state index in [0.29, 0.717) is 35.1 Å². The minimum absolute atomic E-state index is 0.0762. The molecule has 1 atom stereocenters. The van der Waals surface area contributed by atoms with Crippen LogP contribution in [-0.4, -0.2) is 57.8 Å². The number of aliphatic imine (C=N–C) groups is 1. The van der Waals surface area contributed by atoms with Crippen molar-refractivity contribution in [2.24, 2.45) is 10.9 Å². The van der Waals surface area contributed by atoms with Crippen LogP contribution in [0.2, 0.25) is 0 Å². The van der Waals surface area contributed by atoms with E-state index < -0.39 is 0 Å². The van der Waals surface area contributed by atoms with E-state index in [1.807, 2.05) is 30.5 Å². The zero-order valence-electron chi connectivity index (χ0n) is 16.7. The number of phenols is 1. The second-order valence-electron chi connectivity index (χ2n) is 7.50. The van der Waals surface area contributed by atoms with Crippen LogP contribution in [0.4, 0.5) is 5.82 Å². The Hall–Kier alpha value is -3.27. The first kappa shape index (κ1) is 20.0. The summed E-state index contributed by atoms with van der Waals surface area (Å²) in [5.41, 5.74) is 1.79. The van der Waals surface area contributed by atoms with Gasteiger partial charge in [-0.2, -0.15) is 0 Å². The molecule has 0 radical (unpaired) electrons.